The molecule has 0 bridgehead atoms. The molecule has 0 aromatic carbocycles. The minimum absolute atomic E-state index is 0.0460. The van der Waals surface area contributed by atoms with E-state index in [0.29, 0.717) is 17.9 Å². The Kier molecular flexibility index (Phi) is 2.21. The number of hydrogen-bond acceptors (Lipinski definition) is 2. The van der Waals surface area contributed by atoms with Gasteiger partial charge >= 0.3 is 0 Å². The molecule has 0 radical (unpaired) electrons. The van der Waals surface area contributed by atoms with Crippen molar-refractivity contribution in [3.05, 3.63) is 0 Å². The highest BCUT2D eigenvalue weighted by atomic mass is 79.9. The molecular formula is C7H12BrNO2S. The van der Waals surface area contributed by atoms with E-state index in [1.807, 2.05) is 0 Å². The van der Waals surface area contributed by atoms with Crippen molar-refractivity contribution in [1.29, 1.82) is 0 Å². The second-order valence-corrected chi connectivity index (χ2v) is 7.00. The van der Waals surface area contributed by atoms with Crippen molar-refractivity contribution in [2.75, 3.05) is 13.1 Å². The molecule has 0 spiro atoms. The molecule has 12 heavy (non-hydrogen) atoms. The van der Waals surface area contributed by atoms with Crippen LogP contribution >= 0.6 is 15.9 Å². The van der Waals surface area contributed by atoms with Crippen LogP contribution < -0.4 is 0 Å². The van der Waals surface area contributed by atoms with Gasteiger partial charge in [0, 0.05) is 17.9 Å². The van der Waals surface area contributed by atoms with Crippen molar-refractivity contribution < 1.29 is 8.42 Å². The number of rotatable bonds is 2. The van der Waals surface area contributed by atoms with Crippen molar-refractivity contribution in [1.82, 2.24) is 4.31 Å². The summed E-state index contributed by atoms with van der Waals surface area (Å²) in [6, 6.07) is 0. The summed E-state index contributed by atoms with van der Waals surface area (Å²) in [5.74, 6) is 0. The van der Waals surface area contributed by atoms with Gasteiger partial charge in [-0.15, -0.1) is 0 Å². The van der Waals surface area contributed by atoms with Gasteiger partial charge in [0.05, 0.1) is 5.25 Å². The minimum atomic E-state index is -2.90. The van der Waals surface area contributed by atoms with Gasteiger partial charge in [0.2, 0.25) is 10.0 Å². The Labute approximate surface area is 81.3 Å². The van der Waals surface area contributed by atoms with Gasteiger partial charge in [-0.2, -0.15) is 0 Å². The smallest absolute Gasteiger partial charge is 0.212 e. The number of hydrogen-bond donors (Lipinski definition) is 0. The predicted molar refractivity (Wildman–Crippen MR) is 50.8 cm³/mol. The van der Waals surface area contributed by atoms with Crippen LogP contribution in [0.2, 0.25) is 0 Å². The van der Waals surface area contributed by atoms with E-state index in [4.69, 9.17) is 0 Å². The van der Waals surface area contributed by atoms with Crippen molar-refractivity contribution in [3.63, 3.8) is 0 Å². The lowest BCUT2D eigenvalue weighted by Gasteiger charge is -2.14. The molecule has 1 atom stereocenters. The normalized spacial score (nSPS) is 32.6. The molecule has 3 nitrogen and oxygen atoms in total. The first-order chi connectivity index (χ1) is 5.60. The Hall–Kier alpha value is 0.390. The Morgan fingerprint density at radius 2 is 1.92 bits per heavy atom. The molecule has 2 fully saturated rings. The molecule has 2 rings (SSSR count). The van der Waals surface area contributed by atoms with Gasteiger partial charge in [-0.05, 0) is 19.3 Å². The first kappa shape index (κ1) is 8.97. The van der Waals surface area contributed by atoms with E-state index in [1.165, 1.54) is 0 Å². The Morgan fingerprint density at radius 1 is 1.25 bits per heavy atom. The summed E-state index contributed by atoms with van der Waals surface area (Å²) in [4.78, 5) is 0.367. The quantitative estimate of drug-likeness (QED) is 0.688. The third-order valence-electron chi connectivity index (χ3n) is 2.40. The van der Waals surface area contributed by atoms with E-state index in [9.17, 15) is 8.42 Å². The standard InChI is InChI=1S/C7H12BrNO2S/c8-6-3-4-9(5-6)12(10,11)7-1-2-7/h6-7H,1-5H2. The fraction of sp³-hybridized carbons (Fsp3) is 1.00. The highest BCUT2D eigenvalue weighted by molar-refractivity contribution is 9.09. The van der Waals surface area contributed by atoms with Crippen LogP contribution in [0.5, 0.6) is 0 Å². The summed E-state index contributed by atoms with van der Waals surface area (Å²) < 4.78 is 24.9. The zero-order valence-electron chi connectivity index (χ0n) is 6.74. The maximum atomic E-state index is 11.6. The molecule has 1 unspecified atom stereocenters. The highest BCUT2D eigenvalue weighted by Gasteiger charge is 2.42. The highest BCUT2D eigenvalue weighted by Crippen LogP contribution is 2.33. The molecule has 1 saturated carbocycles. The molecule has 0 aromatic heterocycles. The van der Waals surface area contributed by atoms with Crippen LogP contribution in [0.25, 0.3) is 0 Å². The summed E-state index contributed by atoms with van der Waals surface area (Å²) in [6.07, 6.45) is 2.68. The van der Waals surface area contributed by atoms with Crippen molar-refractivity contribution in [2.24, 2.45) is 0 Å². The maximum absolute atomic E-state index is 11.6. The van der Waals surface area contributed by atoms with Crippen LogP contribution in [0.4, 0.5) is 0 Å². The Morgan fingerprint density at radius 3 is 2.33 bits per heavy atom. The Bertz CT molecular complexity index is 273. The summed E-state index contributed by atoms with van der Waals surface area (Å²) in [5.41, 5.74) is 0. The van der Waals surface area contributed by atoms with E-state index in [2.05, 4.69) is 15.9 Å². The average Bonchev–Trinajstić information content (AvgIpc) is 2.75. The van der Waals surface area contributed by atoms with Crippen LogP contribution in [0.3, 0.4) is 0 Å². The van der Waals surface area contributed by atoms with Gasteiger partial charge < -0.3 is 0 Å². The first-order valence-corrected chi connectivity index (χ1v) is 6.65. The average molecular weight is 254 g/mol. The zero-order valence-corrected chi connectivity index (χ0v) is 9.14. The molecule has 0 aromatic rings. The van der Waals surface area contributed by atoms with E-state index in [0.717, 1.165) is 19.3 Å². The van der Waals surface area contributed by atoms with Crippen LogP contribution in [-0.4, -0.2) is 35.9 Å². The second-order valence-electron chi connectivity index (χ2n) is 3.49. The zero-order chi connectivity index (χ0) is 8.77. The Balaban J connectivity index is 2.08. The van der Waals surface area contributed by atoms with Crippen LogP contribution in [-0.2, 0) is 10.0 Å². The topological polar surface area (TPSA) is 37.4 Å². The minimum Gasteiger partial charge on any atom is -0.212 e. The molecule has 5 heteroatoms. The van der Waals surface area contributed by atoms with Crippen LogP contribution in [0.1, 0.15) is 19.3 Å². The summed E-state index contributed by atoms with van der Waals surface area (Å²) in [5, 5.41) is -0.0460. The summed E-state index contributed by atoms with van der Waals surface area (Å²) >= 11 is 3.43. The van der Waals surface area contributed by atoms with Gasteiger partial charge in [0.1, 0.15) is 0 Å². The SMILES string of the molecule is O=S(=O)(C1CC1)N1CCC(Br)C1. The van der Waals surface area contributed by atoms with Crippen LogP contribution in [0.15, 0.2) is 0 Å². The molecule has 1 aliphatic heterocycles. The third kappa shape index (κ3) is 1.54. The molecule has 0 amide bonds. The van der Waals surface area contributed by atoms with Gasteiger partial charge in [-0.25, -0.2) is 12.7 Å². The molecule has 0 N–H and O–H groups in total. The molecule has 70 valence electrons. The van der Waals surface area contributed by atoms with Gasteiger partial charge in [0.15, 0.2) is 0 Å². The summed E-state index contributed by atoms with van der Waals surface area (Å²) in [7, 11) is -2.90. The largest absolute Gasteiger partial charge is 0.217 e. The number of halogens is 1. The van der Waals surface area contributed by atoms with E-state index in [1.54, 1.807) is 4.31 Å². The molecule has 2 aliphatic rings. The molecule has 1 saturated heterocycles. The monoisotopic (exact) mass is 253 g/mol. The fourth-order valence-corrected chi connectivity index (χ4v) is 4.14. The lowest BCUT2D eigenvalue weighted by Crippen LogP contribution is -2.31. The van der Waals surface area contributed by atoms with E-state index in [-0.39, 0.29) is 5.25 Å². The van der Waals surface area contributed by atoms with E-state index >= 15 is 0 Å². The second kappa shape index (κ2) is 2.96. The molecule has 1 aliphatic carbocycles. The molecular weight excluding hydrogens is 242 g/mol. The van der Waals surface area contributed by atoms with Crippen molar-refractivity contribution >= 4 is 26.0 Å². The number of sulfonamides is 1. The van der Waals surface area contributed by atoms with Crippen LogP contribution in [0, 0.1) is 0 Å². The maximum Gasteiger partial charge on any atom is 0.217 e. The third-order valence-corrected chi connectivity index (χ3v) is 5.51. The van der Waals surface area contributed by atoms with Crippen molar-refractivity contribution in [3.8, 4) is 0 Å². The van der Waals surface area contributed by atoms with Gasteiger partial charge in [-0.3, -0.25) is 0 Å². The van der Waals surface area contributed by atoms with Crippen molar-refractivity contribution in [2.45, 2.75) is 29.3 Å². The lowest BCUT2D eigenvalue weighted by atomic mass is 10.4. The lowest BCUT2D eigenvalue weighted by molar-refractivity contribution is 0.477. The molecule has 1 heterocycles. The van der Waals surface area contributed by atoms with Gasteiger partial charge in [0.25, 0.3) is 0 Å². The number of nitrogens with zero attached hydrogens (tertiary/aromatic N) is 1. The fourth-order valence-electron chi connectivity index (χ4n) is 1.50. The van der Waals surface area contributed by atoms with E-state index < -0.39 is 10.0 Å². The first-order valence-electron chi connectivity index (χ1n) is 4.24. The predicted octanol–water partition coefficient (Wildman–Crippen LogP) is 0.948. The number of alkyl halides is 1. The van der Waals surface area contributed by atoms with Gasteiger partial charge in [-0.1, -0.05) is 15.9 Å². The summed E-state index contributed by atoms with van der Waals surface area (Å²) in [6.45, 7) is 1.37.